The van der Waals surface area contributed by atoms with Crippen molar-refractivity contribution in [2.75, 3.05) is 33.7 Å². The highest BCUT2D eigenvalue weighted by Crippen LogP contribution is 2.47. The first-order valence-electron chi connectivity index (χ1n) is 9.87. The van der Waals surface area contributed by atoms with Gasteiger partial charge in [0.1, 0.15) is 5.82 Å². The lowest BCUT2D eigenvalue weighted by atomic mass is 9.96. The van der Waals surface area contributed by atoms with Gasteiger partial charge in [-0.25, -0.2) is 4.39 Å². The highest BCUT2D eigenvalue weighted by Gasteiger charge is 2.44. The quantitative estimate of drug-likeness (QED) is 0.529. The minimum atomic E-state index is -0.212. The second-order valence-electron chi connectivity index (χ2n) is 7.46. The number of hydrogen-bond acceptors (Lipinski definition) is 3. The molecule has 7 heteroatoms. The van der Waals surface area contributed by atoms with Crippen LogP contribution < -0.4 is 10.6 Å². The first-order valence-corrected chi connectivity index (χ1v) is 9.87. The number of carbonyl (C=O) groups is 1. The Hall–Kier alpha value is -2.96. The Balaban J connectivity index is 1.43. The Kier molecular flexibility index (Phi) is 6.80. The first kappa shape index (κ1) is 20.8. The van der Waals surface area contributed by atoms with Crippen molar-refractivity contribution in [2.45, 2.75) is 24.7 Å². The van der Waals surface area contributed by atoms with Gasteiger partial charge in [0.15, 0.2) is 5.96 Å². The van der Waals surface area contributed by atoms with Crippen LogP contribution in [0.4, 0.5) is 4.39 Å². The number of aromatic nitrogens is 1. The SMILES string of the molecule is CN=C(NCC(=O)N(C)CCc1ccccn1)NCC1(c2cccc(F)c2)CC1. The van der Waals surface area contributed by atoms with Gasteiger partial charge >= 0.3 is 0 Å². The molecular formula is C22H28FN5O. The van der Waals surface area contributed by atoms with Crippen LogP contribution >= 0.6 is 0 Å². The molecule has 0 atom stereocenters. The number of pyridine rings is 1. The van der Waals surface area contributed by atoms with Crippen LogP contribution in [-0.2, 0) is 16.6 Å². The molecule has 2 N–H and O–H groups in total. The average Bonchev–Trinajstić information content (AvgIpc) is 3.54. The molecule has 0 bridgehead atoms. The summed E-state index contributed by atoms with van der Waals surface area (Å²) < 4.78 is 13.5. The molecule has 1 aliphatic rings. The molecule has 1 aliphatic carbocycles. The van der Waals surface area contributed by atoms with Gasteiger partial charge in [-0.15, -0.1) is 0 Å². The third kappa shape index (κ3) is 5.76. The normalized spacial score (nSPS) is 14.9. The molecule has 1 amide bonds. The molecule has 1 heterocycles. The lowest BCUT2D eigenvalue weighted by Crippen LogP contribution is -2.45. The third-order valence-electron chi connectivity index (χ3n) is 5.37. The monoisotopic (exact) mass is 397 g/mol. The summed E-state index contributed by atoms with van der Waals surface area (Å²) in [6.45, 7) is 1.41. The summed E-state index contributed by atoms with van der Waals surface area (Å²) in [6, 6.07) is 12.5. The fourth-order valence-corrected chi connectivity index (χ4v) is 3.26. The number of halogens is 1. The maximum atomic E-state index is 13.5. The van der Waals surface area contributed by atoms with Crippen LogP contribution in [0.25, 0.3) is 0 Å². The smallest absolute Gasteiger partial charge is 0.241 e. The number of nitrogens with one attached hydrogen (secondary N) is 2. The molecule has 1 saturated carbocycles. The summed E-state index contributed by atoms with van der Waals surface area (Å²) in [6.07, 6.45) is 4.49. The van der Waals surface area contributed by atoms with E-state index in [2.05, 4.69) is 20.6 Å². The Morgan fingerprint density at radius 2 is 2.07 bits per heavy atom. The van der Waals surface area contributed by atoms with E-state index in [4.69, 9.17) is 0 Å². The largest absolute Gasteiger partial charge is 0.356 e. The summed E-state index contributed by atoms with van der Waals surface area (Å²) >= 11 is 0. The number of benzene rings is 1. The number of likely N-dealkylation sites (N-methyl/N-ethyl adjacent to an activating group) is 1. The Morgan fingerprint density at radius 3 is 2.72 bits per heavy atom. The van der Waals surface area contributed by atoms with Gasteiger partial charge in [0.25, 0.3) is 0 Å². The maximum Gasteiger partial charge on any atom is 0.241 e. The molecule has 3 rings (SSSR count). The molecule has 0 unspecified atom stereocenters. The molecule has 154 valence electrons. The van der Waals surface area contributed by atoms with Crippen molar-refractivity contribution in [1.82, 2.24) is 20.5 Å². The van der Waals surface area contributed by atoms with E-state index < -0.39 is 0 Å². The summed E-state index contributed by atoms with van der Waals surface area (Å²) in [5, 5.41) is 6.35. The highest BCUT2D eigenvalue weighted by atomic mass is 19.1. The number of rotatable bonds is 8. The molecule has 0 spiro atoms. The molecule has 6 nitrogen and oxygen atoms in total. The minimum absolute atomic E-state index is 0.0184. The van der Waals surface area contributed by atoms with Crippen molar-refractivity contribution in [3.63, 3.8) is 0 Å². The third-order valence-corrected chi connectivity index (χ3v) is 5.37. The van der Waals surface area contributed by atoms with Crippen molar-refractivity contribution in [1.29, 1.82) is 0 Å². The minimum Gasteiger partial charge on any atom is -0.356 e. The molecule has 29 heavy (non-hydrogen) atoms. The standard InChI is InChI=1S/C22H28FN5O/c1-24-21(27-16-22(10-11-22)17-6-5-7-18(23)14-17)26-15-20(29)28(2)13-9-19-8-3-4-12-25-19/h3-8,12,14H,9-11,13,15-16H2,1-2H3,(H2,24,26,27). The van der Waals surface area contributed by atoms with E-state index in [1.165, 1.54) is 6.07 Å². The molecule has 0 aliphatic heterocycles. The second-order valence-corrected chi connectivity index (χ2v) is 7.46. The van der Waals surface area contributed by atoms with Crippen LogP contribution in [0.3, 0.4) is 0 Å². The number of nitrogens with zero attached hydrogens (tertiary/aromatic N) is 3. The van der Waals surface area contributed by atoms with E-state index in [1.54, 1.807) is 37.3 Å². The van der Waals surface area contributed by atoms with Crippen molar-refractivity contribution in [3.8, 4) is 0 Å². The van der Waals surface area contributed by atoms with Crippen molar-refractivity contribution in [2.24, 2.45) is 4.99 Å². The zero-order chi connectivity index (χ0) is 20.7. The predicted octanol–water partition coefficient (Wildman–Crippen LogP) is 2.12. The van der Waals surface area contributed by atoms with Crippen LogP contribution in [0.5, 0.6) is 0 Å². The summed E-state index contributed by atoms with van der Waals surface area (Å²) in [7, 11) is 3.46. The molecule has 0 saturated heterocycles. The number of amides is 1. The van der Waals surface area contributed by atoms with Crippen LogP contribution in [0.2, 0.25) is 0 Å². The molecule has 1 fully saturated rings. The van der Waals surface area contributed by atoms with Crippen LogP contribution in [-0.4, -0.2) is 55.5 Å². The van der Waals surface area contributed by atoms with E-state index >= 15 is 0 Å². The Labute approximate surface area is 171 Å². The van der Waals surface area contributed by atoms with E-state index in [0.717, 1.165) is 24.1 Å². The average molecular weight is 397 g/mol. The molecule has 1 aromatic carbocycles. The van der Waals surface area contributed by atoms with E-state index in [0.29, 0.717) is 25.5 Å². The maximum absolute atomic E-state index is 13.5. The first-order chi connectivity index (χ1) is 14.0. The van der Waals surface area contributed by atoms with Gasteiger partial charge in [0, 0.05) is 50.9 Å². The number of carbonyl (C=O) groups excluding carboxylic acids is 1. The zero-order valence-electron chi connectivity index (χ0n) is 17.0. The van der Waals surface area contributed by atoms with Crippen LogP contribution in [0.1, 0.15) is 24.1 Å². The molecule has 2 aromatic rings. The van der Waals surface area contributed by atoms with E-state index in [1.807, 2.05) is 24.3 Å². The molecule has 0 radical (unpaired) electrons. The summed E-state index contributed by atoms with van der Waals surface area (Å²) in [4.78, 5) is 22.5. The topological polar surface area (TPSA) is 69.6 Å². The van der Waals surface area contributed by atoms with E-state index in [-0.39, 0.29) is 23.7 Å². The second kappa shape index (κ2) is 9.49. The van der Waals surface area contributed by atoms with Gasteiger partial charge in [-0.2, -0.15) is 0 Å². The summed E-state index contributed by atoms with van der Waals surface area (Å²) in [5.41, 5.74) is 1.92. The van der Waals surface area contributed by atoms with Crippen LogP contribution in [0, 0.1) is 5.82 Å². The number of guanidine groups is 1. The van der Waals surface area contributed by atoms with Gasteiger partial charge in [0.05, 0.1) is 6.54 Å². The van der Waals surface area contributed by atoms with Crippen molar-refractivity contribution >= 4 is 11.9 Å². The number of hydrogen-bond donors (Lipinski definition) is 2. The highest BCUT2D eigenvalue weighted by molar-refractivity contribution is 5.86. The molecule has 1 aromatic heterocycles. The Morgan fingerprint density at radius 1 is 1.24 bits per heavy atom. The van der Waals surface area contributed by atoms with Gasteiger partial charge in [0.2, 0.25) is 5.91 Å². The van der Waals surface area contributed by atoms with Gasteiger partial charge in [-0.3, -0.25) is 14.8 Å². The van der Waals surface area contributed by atoms with Crippen molar-refractivity contribution < 1.29 is 9.18 Å². The van der Waals surface area contributed by atoms with Crippen molar-refractivity contribution in [3.05, 3.63) is 65.7 Å². The number of aliphatic imine (C=N–C) groups is 1. The fraction of sp³-hybridized carbons (Fsp3) is 0.409. The lowest BCUT2D eigenvalue weighted by molar-refractivity contribution is -0.128. The lowest BCUT2D eigenvalue weighted by Gasteiger charge is -2.21. The van der Waals surface area contributed by atoms with E-state index in [9.17, 15) is 9.18 Å². The summed E-state index contributed by atoms with van der Waals surface area (Å²) in [5.74, 6) is 0.338. The van der Waals surface area contributed by atoms with Gasteiger partial charge < -0.3 is 15.5 Å². The predicted molar refractivity (Wildman–Crippen MR) is 112 cm³/mol. The Bertz CT molecular complexity index is 851. The van der Waals surface area contributed by atoms with Gasteiger partial charge in [-0.1, -0.05) is 18.2 Å². The zero-order valence-corrected chi connectivity index (χ0v) is 17.0. The van der Waals surface area contributed by atoms with Crippen LogP contribution in [0.15, 0.2) is 53.7 Å². The molecular weight excluding hydrogens is 369 g/mol. The van der Waals surface area contributed by atoms with Gasteiger partial charge in [-0.05, 0) is 42.7 Å². The fourth-order valence-electron chi connectivity index (χ4n) is 3.26.